The fourth-order valence-electron chi connectivity index (χ4n) is 4.47. The van der Waals surface area contributed by atoms with Crippen molar-refractivity contribution in [3.63, 3.8) is 0 Å². The molecule has 4 aliphatic rings. The standard InChI is InChI=1S/C31H40N4O7/c1-21(36)33-27-19-22-8-12-24(13-9-22)41-17-5-6-18-42-25-14-10-23(11-15-25)20-28(31(39)40-2)35-29(37)26(34-30(27)38)7-3-4-16-32/h5-6,8-15,26-28H,3-4,7,16-20,32H2,1-2H3,(H,33,36)(H,34,38)(H,35,37)/p+1/b6-5-/t26-,27+,28+/m1/s1. The number of ether oxygens (including phenoxy) is 3. The van der Waals surface area contributed by atoms with Gasteiger partial charge in [-0.3, -0.25) is 14.4 Å². The Balaban J connectivity index is 1.90. The Bertz CT molecular complexity index is 1210. The van der Waals surface area contributed by atoms with Crippen LogP contribution in [0.2, 0.25) is 0 Å². The molecule has 0 spiro atoms. The van der Waals surface area contributed by atoms with Crippen LogP contribution in [0.5, 0.6) is 11.5 Å². The van der Waals surface area contributed by atoms with E-state index in [0.717, 1.165) is 17.5 Å². The fourth-order valence-corrected chi connectivity index (χ4v) is 4.47. The van der Waals surface area contributed by atoms with Gasteiger partial charge in [0.25, 0.3) is 0 Å². The average molecular weight is 582 g/mol. The summed E-state index contributed by atoms with van der Waals surface area (Å²) in [7, 11) is 1.26. The maximum atomic E-state index is 13.5. The average Bonchev–Trinajstić information content (AvgIpc) is 2.98. The molecule has 0 saturated heterocycles. The van der Waals surface area contributed by atoms with Crippen molar-refractivity contribution in [3.8, 4) is 11.5 Å². The molecule has 4 heterocycles. The van der Waals surface area contributed by atoms with Crippen molar-refractivity contribution in [3.05, 3.63) is 71.8 Å². The Hall–Kier alpha value is -4.38. The minimum absolute atomic E-state index is 0.180. The smallest absolute Gasteiger partial charge is 0.328 e. The molecule has 226 valence electrons. The zero-order valence-corrected chi connectivity index (χ0v) is 24.2. The number of nitrogens with one attached hydrogen (secondary N) is 3. The Morgan fingerprint density at radius 3 is 1.98 bits per heavy atom. The number of carbonyl (C=O) groups is 4. The summed E-state index contributed by atoms with van der Waals surface area (Å²) >= 11 is 0. The summed E-state index contributed by atoms with van der Waals surface area (Å²) in [5.41, 5.74) is 5.43. The molecule has 0 unspecified atom stereocenters. The maximum absolute atomic E-state index is 13.5. The number of quaternary nitrogens is 1. The van der Waals surface area contributed by atoms with Gasteiger partial charge in [-0.2, -0.15) is 0 Å². The molecule has 0 fully saturated rings. The first kappa shape index (κ1) is 32.1. The summed E-state index contributed by atoms with van der Waals surface area (Å²) in [4.78, 5) is 51.5. The molecule has 2 aromatic rings. The van der Waals surface area contributed by atoms with Crippen LogP contribution in [-0.4, -0.2) is 68.7 Å². The molecule has 0 radical (unpaired) electrons. The number of methoxy groups -OCH3 is 1. The molecule has 3 atom stereocenters. The topological polar surface area (TPSA) is 160 Å². The third-order valence-corrected chi connectivity index (χ3v) is 6.71. The summed E-state index contributed by atoms with van der Waals surface area (Å²) in [5.74, 6) is -0.702. The van der Waals surface area contributed by atoms with E-state index in [1.165, 1.54) is 14.0 Å². The third kappa shape index (κ3) is 10.5. The van der Waals surface area contributed by atoms with Crippen LogP contribution in [0.4, 0.5) is 0 Å². The molecule has 4 bridgehead atoms. The first-order valence-electron chi connectivity index (χ1n) is 14.1. The van der Waals surface area contributed by atoms with E-state index in [9.17, 15) is 19.2 Å². The van der Waals surface area contributed by atoms with E-state index in [1.807, 2.05) is 36.4 Å². The van der Waals surface area contributed by atoms with Gasteiger partial charge in [0.2, 0.25) is 17.7 Å². The lowest BCUT2D eigenvalue weighted by Crippen LogP contribution is -2.56. The van der Waals surface area contributed by atoms with E-state index < -0.39 is 35.9 Å². The number of hydrogen-bond acceptors (Lipinski definition) is 7. The molecule has 3 amide bonds. The first-order chi connectivity index (χ1) is 20.3. The van der Waals surface area contributed by atoms with Crippen molar-refractivity contribution < 1.29 is 39.1 Å². The quantitative estimate of drug-likeness (QED) is 0.224. The van der Waals surface area contributed by atoms with Crippen molar-refractivity contribution in [2.24, 2.45) is 0 Å². The van der Waals surface area contributed by atoms with E-state index in [4.69, 9.17) is 14.2 Å². The van der Waals surface area contributed by atoms with E-state index >= 15 is 0 Å². The molecular weight excluding hydrogens is 540 g/mol. The predicted molar refractivity (Wildman–Crippen MR) is 156 cm³/mol. The van der Waals surface area contributed by atoms with Gasteiger partial charge in [-0.1, -0.05) is 24.3 Å². The molecule has 6 N–H and O–H groups in total. The van der Waals surface area contributed by atoms with Gasteiger partial charge in [-0.15, -0.1) is 0 Å². The van der Waals surface area contributed by atoms with Gasteiger partial charge < -0.3 is 35.9 Å². The number of rotatable bonds is 6. The van der Waals surface area contributed by atoms with Crippen LogP contribution in [0.25, 0.3) is 0 Å². The highest BCUT2D eigenvalue weighted by Gasteiger charge is 2.30. The monoisotopic (exact) mass is 581 g/mol. The van der Waals surface area contributed by atoms with Gasteiger partial charge in [0.15, 0.2) is 0 Å². The summed E-state index contributed by atoms with van der Waals surface area (Å²) in [6.45, 7) is 2.71. The number of unbranched alkanes of at least 4 members (excludes halogenated alkanes) is 1. The number of hydrogen-bond donors (Lipinski definition) is 4. The molecule has 0 saturated carbocycles. The van der Waals surface area contributed by atoms with Crippen molar-refractivity contribution in [1.82, 2.24) is 16.0 Å². The van der Waals surface area contributed by atoms with E-state index in [2.05, 4.69) is 21.7 Å². The zero-order chi connectivity index (χ0) is 30.3. The minimum atomic E-state index is -0.976. The molecular formula is C31H41N4O7+. The largest absolute Gasteiger partial charge is 0.490 e. The summed E-state index contributed by atoms with van der Waals surface area (Å²) in [5, 5.41) is 8.25. The Morgan fingerprint density at radius 2 is 1.45 bits per heavy atom. The SMILES string of the molecule is COC(=O)[C@@H]1Cc2ccc(cc2)OC/C=C\COc2ccc(cc2)C[C@H](NC(C)=O)C(=O)N[C@H](CCCC[NH3+])C(=O)N1. The molecule has 0 aromatic heterocycles. The lowest BCUT2D eigenvalue weighted by Gasteiger charge is -2.25. The van der Waals surface area contributed by atoms with Gasteiger partial charge >= 0.3 is 5.97 Å². The maximum Gasteiger partial charge on any atom is 0.328 e. The van der Waals surface area contributed by atoms with Crippen molar-refractivity contribution in [1.29, 1.82) is 0 Å². The van der Waals surface area contributed by atoms with E-state index in [0.29, 0.717) is 44.1 Å². The van der Waals surface area contributed by atoms with Crippen molar-refractivity contribution in [2.75, 3.05) is 26.9 Å². The van der Waals surface area contributed by atoms with Crippen molar-refractivity contribution >= 4 is 23.7 Å². The minimum Gasteiger partial charge on any atom is -0.490 e. The Labute approximate surface area is 246 Å². The van der Waals surface area contributed by atoms with Crippen LogP contribution in [0, 0.1) is 0 Å². The highest BCUT2D eigenvalue weighted by molar-refractivity contribution is 5.93. The number of benzene rings is 2. The van der Waals surface area contributed by atoms with E-state index in [1.54, 1.807) is 24.3 Å². The predicted octanol–water partition coefficient (Wildman–Crippen LogP) is 0.859. The number of amides is 3. The fraction of sp³-hybridized carbons (Fsp3) is 0.419. The highest BCUT2D eigenvalue weighted by atomic mass is 16.5. The zero-order valence-electron chi connectivity index (χ0n) is 24.2. The Kier molecular flexibility index (Phi) is 12.8. The summed E-state index contributed by atoms with van der Waals surface area (Å²) in [6, 6.07) is 11.6. The summed E-state index contributed by atoms with van der Waals surface area (Å²) in [6.07, 6.45) is 5.81. The van der Waals surface area contributed by atoms with Gasteiger partial charge in [0, 0.05) is 19.8 Å². The van der Waals surface area contributed by atoms with Crippen LogP contribution < -0.4 is 31.2 Å². The van der Waals surface area contributed by atoms with Gasteiger partial charge in [-0.05, 0) is 66.8 Å². The molecule has 2 aromatic carbocycles. The van der Waals surface area contributed by atoms with Crippen molar-refractivity contribution in [2.45, 2.75) is 57.2 Å². The van der Waals surface area contributed by atoms with Gasteiger partial charge in [-0.25, -0.2) is 4.79 Å². The molecule has 6 rings (SSSR count). The second-order valence-corrected chi connectivity index (χ2v) is 10.0. The molecule has 0 aliphatic carbocycles. The molecule has 11 heteroatoms. The second-order valence-electron chi connectivity index (χ2n) is 10.0. The molecule has 42 heavy (non-hydrogen) atoms. The molecule has 11 nitrogen and oxygen atoms in total. The number of carbonyl (C=O) groups excluding carboxylic acids is 4. The lowest BCUT2D eigenvalue weighted by molar-refractivity contribution is -0.368. The lowest BCUT2D eigenvalue weighted by atomic mass is 10.0. The highest BCUT2D eigenvalue weighted by Crippen LogP contribution is 2.16. The van der Waals surface area contributed by atoms with E-state index in [-0.39, 0.29) is 18.7 Å². The number of esters is 1. The van der Waals surface area contributed by atoms with Crippen LogP contribution in [0.15, 0.2) is 60.7 Å². The molecule has 4 aliphatic heterocycles. The van der Waals surface area contributed by atoms with Crippen LogP contribution in [0.1, 0.15) is 37.3 Å². The van der Waals surface area contributed by atoms with Gasteiger partial charge in [0.1, 0.15) is 42.8 Å². The normalized spacial score (nSPS) is 20.8. The van der Waals surface area contributed by atoms with Crippen LogP contribution in [-0.2, 0) is 36.8 Å². The van der Waals surface area contributed by atoms with Gasteiger partial charge in [0.05, 0.1) is 13.7 Å². The van der Waals surface area contributed by atoms with Crippen LogP contribution in [0.3, 0.4) is 0 Å². The second kappa shape index (κ2) is 16.8. The van der Waals surface area contributed by atoms with Crippen LogP contribution >= 0.6 is 0 Å². The Morgan fingerprint density at radius 1 is 0.881 bits per heavy atom. The first-order valence-corrected chi connectivity index (χ1v) is 14.1. The third-order valence-electron chi connectivity index (χ3n) is 6.71. The summed E-state index contributed by atoms with van der Waals surface area (Å²) < 4.78 is 16.5.